The number of sulfone groups is 1. The van der Waals surface area contributed by atoms with Crippen molar-refractivity contribution in [3.05, 3.63) is 23.9 Å². The second kappa shape index (κ2) is 5.38. The molecule has 2 heterocycles. The van der Waals surface area contributed by atoms with Crippen LogP contribution in [0.3, 0.4) is 0 Å². The Morgan fingerprint density at radius 2 is 2.32 bits per heavy atom. The van der Waals surface area contributed by atoms with Crippen LogP contribution in [0.5, 0.6) is 0 Å². The average Bonchev–Trinajstić information content (AvgIpc) is 2.38. The topological polar surface area (TPSA) is 100 Å². The van der Waals surface area contributed by atoms with Crippen LogP contribution in [-0.2, 0) is 9.84 Å². The minimum Gasteiger partial charge on any atom is -0.384 e. The number of hydrogen-bond acceptors (Lipinski definition) is 6. The minimum atomic E-state index is -3.15. The number of nitrogens with two attached hydrogens (primary N) is 1. The van der Waals surface area contributed by atoms with Gasteiger partial charge in [-0.3, -0.25) is 5.41 Å². The number of hydrogen-bond donors (Lipinski definition) is 2. The number of aromatic nitrogens is 1. The van der Waals surface area contributed by atoms with Crippen molar-refractivity contribution in [1.82, 2.24) is 4.98 Å². The van der Waals surface area contributed by atoms with E-state index in [2.05, 4.69) is 4.98 Å². The molecule has 1 saturated heterocycles. The molecule has 0 aromatic carbocycles. The Kier molecular flexibility index (Phi) is 4.00. The van der Waals surface area contributed by atoms with E-state index in [-0.39, 0.29) is 5.84 Å². The number of amidine groups is 1. The molecule has 1 aromatic heterocycles. The van der Waals surface area contributed by atoms with Gasteiger partial charge in [0.1, 0.15) is 17.0 Å². The maximum atomic E-state index is 11.8. The first-order chi connectivity index (χ1) is 8.89. The van der Waals surface area contributed by atoms with Crippen LogP contribution < -0.4 is 10.6 Å². The van der Waals surface area contributed by atoms with Crippen molar-refractivity contribution in [2.75, 3.05) is 29.2 Å². The Morgan fingerprint density at radius 3 is 2.84 bits per heavy atom. The van der Waals surface area contributed by atoms with E-state index in [0.29, 0.717) is 23.7 Å². The fourth-order valence-electron chi connectivity index (χ4n) is 1.91. The van der Waals surface area contributed by atoms with Gasteiger partial charge < -0.3 is 10.6 Å². The van der Waals surface area contributed by atoms with Gasteiger partial charge in [0.05, 0.1) is 0 Å². The van der Waals surface area contributed by atoms with Crippen molar-refractivity contribution in [2.24, 2.45) is 5.73 Å². The maximum absolute atomic E-state index is 11.8. The van der Waals surface area contributed by atoms with Gasteiger partial charge in [0.15, 0.2) is 9.84 Å². The van der Waals surface area contributed by atoms with Crippen LogP contribution in [0.2, 0.25) is 0 Å². The lowest BCUT2D eigenvalue weighted by Crippen LogP contribution is -2.47. The minimum absolute atomic E-state index is 0.0482. The zero-order valence-corrected chi connectivity index (χ0v) is 12.2. The highest BCUT2D eigenvalue weighted by molar-refractivity contribution is 8.01. The number of thioether (sulfide) groups is 1. The lowest BCUT2D eigenvalue weighted by atomic mass is 10.2. The van der Waals surface area contributed by atoms with Gasteiger partial charge in [-0.15, -0.1) is 0 Å². The molecule has 1 aliphatic heterocycles. The first-order valence-electron chi connectivity index (χ1n) is 5.73. The normalized spacial score (nSPS) is 20.3. The number of anilines is 1. The van der Waals surface area contributed by atoms with E-state index < -0.39 is 15.2 Å². The number of nitrogens with one attached hydrogen (secondary N) is 1. The predicted octanol–water partition coefficient (Wildman–Crippen LogP) is 0.290. The molecule has 3 N–H and O–H groups in total. The lowest BCUT2D eigenvalue weighted by Gasteiger charge is -2.34. The fraction of sp³-hybridized carbons (Fsp3) is 0.455. The van der Waals surface area contributed by atoms with Crippen molar-refractivity contribution in [2.45, 2.75) is 5.37 Å². The molecule has 0 amide bonds. The summed E-state index contributed by atoms with van der Waals surface area (Å²) in [7, 11) is -3.15. The predicted molar refractivity (Wildman–Crippen MR) is 78.6 cm³/mol. The molecule has 8 heteroatoms. The zero-order chi connectivity index (χ0) is 14.0. The highest BCUT2D eigenvalue weighted by Gasteiger charge is 2.31. The highest BCUT2D eigenvalue weighted by atomic mass is 32.2. The van der Waals surface area contributed by atoms with Gasteiger partial charge in [-0.1, -0.05) is 0 Å². The lowest BCUT2D eigenvalue weighted by molar-refractivity contribution is 0.583. The van der Waals surface area contributed by atoms with E-state index >= 15 is 0 Å². The standard InChI is InChI=1S/C11H16N4O2S2/c1-19(16,17)10-7-18-5-4-15(10)9-3-2-8(6-14-9)11(12)13/h2-3,6,10H,4-5,7H2,1H3,(H3,12,13). The van der Waals surface area contributed by atoms with E-state index in [4.69, 9.17) is 11.1 Å². The second-order valence-corrected chi connectivity index (χ2v) is 7.72. The Bertz CT molecular complexity index is 571. The van der Waals surface area contributed by atoms with Crippen LogP contribution >= 0.6 is 11.8 Å². The molecule has 0 aliphatic carbocycles. The Labute approximate surface area is 116 Å². The molecule has 1 unspecified atom stereocenters. The SMILES string of the molecule is CS(=O)(=O)C1CSCCN1c1ccc(C(=N)N)cn1. The van der Waals surface area contributed by atoms with E-state index in [1.165, 1.54) is 12.5 Å². The van der Waals surface area contributed by atoms with Crippen molar-refractivity contribution in [3.63, 3.8) is 0 Å². The van der Waals surface area contributed by atoms with Crippen LogP contribution in [0, 0.1) is 5.41 Å². The van der Waals surface area contributed by atoms with Crippen molar-refractivity contribution >= 4 is 33.3 Å². The molecule has 1 atom stereocenters. The van der Waals surface area contributed by atoms with Gasteiger partial charge in [0, 0.05) is 36.1 Å². The van der Waals surface area contributed by atoms with Crippen LogP contribution in [0.25, 0.3) is 0 Å². The summed E-state index contributed by atoms with van der Waals surface area (Å²) in [5.41, 5.74) is 5.90. The summed E-state index contributed by atoms with van der Waals surface area (Å²) in [5, 5.41) is 6.77. The third-order valence-electron chi connectivity index (χ3n) is 2.93. The van der Waals surface area contributed by atoms with Gasteiger partial charge in [-0.25, -0.2) is 13.4 Å². The largest absolute Gasteiger partial charge is 0.384 e. The molecule has 0 radical (unpaired) electrons. The molecule has 19 heavy (non-hydrogen) atoms. The smallest absolute Gasteiger partial charge is 0.169 e. The number of pyridine rings is 1. The molecular weight excluding hydrogens is 284 g/mol. The number of nitrogen functional groups attached to an aromatic ring is 1. The Balaban J connectivity index is 2.30. The quantitative estimate of drug-likeness (QED) is 0.615. The Hall–Kier alpha value is -1.28. The highest BCUT2D eigenvalue weighted by Crippen LogP contribution is 2.25. The summed E-state index contributed by atoms with van der Waals surface area (Å²) in [6.07, 6.45) is 2.75. The molecule has 6 nitrogen and oxygen atoms in total. The molecule has 2 rings (SSSR count). The van der Waals surface area contributed by atoms with Crippen LogP contribution in [0.4, 0.5) is 5.82 Å². The van der Waals surface area contributed by atoms with Crippen molar-refractivity contribution in [3.8, 4) is 0 Å². The van der Waals surface area contributed by atoms with Gasteiger partial charge in [-0.2, -0.15) is 11.8 Å². The molecule has 1 fully saturated rings. The fourth-order valence-corrected chi connectivity index (χ4v) is 4.74. The maximum Gasteiger partial charge on any atom is 0.169 e. The number of rotatable bonds is 3. The molecule has 0 spiro atoms. The van der Waals surface area contributed by atoms with E-state index in [9.17, 15) is 8.42 Å². The average molecular weight is 300 g/mol. The third kappa shape index (κ3) is 3.19. The van der Waals surface area contributed by atoms with Crippen molar-refractivity contribution in [1.29, 1.82) is 5.41 Å². The summed E-state index contributed by atoms with van der Waals surface area (Å²) < 4.78 is 23.6. The van der Waals surface area contributed by atoms with Gasteiger partial charge in [0.2, 0.25) is 0 Å². The van der Waals surface area contributed by atoms with Crippen molar-refractivity contribution < 1.29 is 8.42 Å². The summed E-state index contributed by atoms with van der Waals surface area (Å²) in [6, 6.07) is 3.40. The third-order valence-corrected chi connectivity index (χ3v) is 5.58. The summed E-state index contributed by atoms with van der Waals surface area (Å²) in [6.45, 7) is 0.648. The zero-order valence-electron chi connectivity index (χ0n) is 10.5. The Morgan fingerprint density at radius 1 is 1.58 bits per heavy atom. The summed E-state index contributed by atoms with van der Waals surface area (Å²) in [4.78, 5) is 6.02. The number of nitrogens with zero attached hydrogens (tertiary/aromatic N) is 2. The van der Waals surface area contributed by atoms with E-state index in [1.807, 2.05) is 0 Å². The molecule has 1 aromatic rings. The first kappa shape index (κ1) is 14.1. The van der Waals surface area contributed by atoms with Gasteiger partial charge in [0.25, 0.3) is 0 Å². The molecular formula is C11H16N4O2S2. The van der Waals surface area contributed by atoms with Gasteiger partial charge in [-0.05, 0) is 12.1 Å². The second-order valence-electron chi connectivity index (χ2n) is 4.37. The summed E-state index contributed by atoms with van der Waals surface area (Å²) >= 11 is 1.63. The molecule has 0 bridgehead atoms. The van der Waals surface area contributed by atoms with Crippen LogP contribution in [-0.4, -0.2) is 48.9 Å². The monoisotopic (exact) mass is 300 g/mol. The summed E-state index contributed by atoms with van der Waals surface area (Å²) in [5.74, 6) is 1.99. The van der Waals surface area contributed by atoms with E-state index in [0.717, 1.165) is 5.75 Å². The molecule has 0 saturated carbocycles. The van der Waals surface area contributed by atoms with Crippen LogP contribution in [0.1, 0.15) is 5.56 Å². The molecule has 104 valence electrons. The first-order valence-corrected chi connectivity index (χ1v) is 8.84. The van der Waals surface area contributed by atoms with Crippen LogP contribution in [0.15, 0.2) is 18.3 Å². The van der Waals surface area contributed by atoms with E-state index in [1.54, 1.807) is 28.8 Å². The molecule has 1 aliphatic rings. The van der Waals surface area contributed by atoms with Gasteiger partial charge >= 0.3 is 0 Å².